The van der Waals surface area contributed by atoms with Crippen LogP contribution in [0.5, 0.6) is 0 Å². The van der Waals surface area contributed by atoms with Gasteiger partial charge in [0.05, 0.1) is 0 Å². The first-order chi connectivity index (χ1) is 12.3. The van der Waals surface area contributed by atoms with E-state index in [1.807, 2.05) is 0 Å². The van der Waals surface area contributed by atoms with E-state index in [1.165, 1.54) is 12.2 Å². The van der Waals surface area contributed by atoms with E-state index < -0.39 is 0 Å². The molecule has 3 heteroatoms. The SMILES string of the molecule is CC(C)(C)C1C(N2C(=O)C=CC2=O)C(C(C)(C)C)C(C(C)(C)C)C1C(C)(C)C. The molecule has 2 amide bonds. The van der Waals surface area contributed by atoms with Gasteiger partial charge >= 0.3 is 0 Å². The van der Waals surface area contributed by atoms with Crippen molar-refractivity contribution in [2.24, 2.45) is 45.3 Å². The van der Waals surface area contributed by atoms with Crippen LogP contribution in [0.3, 0.4) is 0 Å². The summed E-state index contributed by atoms with van der Waals surface area (Å²) in [7, 11) is 0. The van der Waals surface area contributed by atoms with Gasteiger partial charge in [0.25, 0.3) is 11.8 Å². The molecular formula is C25H43NO2. The third-order valence-electron chi connectivity index (χ3n) is 7.04. The Morgan fingerprint density at radius 2 is 0.786 bits per heavy atom. The monoisotopic (exact) mass is 389 g/mol. The Hall–Kier alpha value is -1.12. The summed E-state index contributed by atoms with van der Waals surface area (Å²) in [5, 5.41) is 0. The van der Waals surface area contributed by atoms with Crippen molar-refractivity contribution in [3.8, 4) is 0 Å². The Labute approximate surface area is 173 Å². The van der Waals surface area contributed by atoms with Crippen LogP contribution in [-0.4, -0.2) is 22.8 Å². The zero-order valence-corrected chi connectivity index (χ0v) is 20.3. The molecule has 0 radical (unpaired) electrons. The summed E-state index contributed by atoms with van der Waals surface area (Å²) in [6, 6.07) is -0.0801. The van der Waals surface area contributed by atoms with Crippen LogP contribution in [0.1, 0.15) is 83.1 Å². The van der Waals surface area contributed by atoms with E-state index in [1.54, 1.807) is 4.90 Å². The van der Waals surface area contributed by atoms with Crippen LogP contribution in [0.15, 0.2) is 12.2 Å². The molecule has 1 heterocycles. The first kappa shape index (κ1) is 23.2. The van der Waals surface area contributed by atoms with Crippen molar-refractivity contribution >= 4 is 11.8 Å². The molecule has 2 aliphatic rings. The molecule has 4 unspecified atom stereocenters. The minimum absolute atomic E-state index is 0.0186. The number of imide groups is 1. The number of hydrogen-bond donors (Lipinski definition) is 0. The first-order valence-electron chi connectivity index (χ1n) is 10.8. The maximum atomic E-state index is 12.8. The fourth-order valence-electron chi connectivity index (χ4n) is 6.38. The topological polar surface area (TPSA) is 37.4 Å². The van der Waals surface area contributed by atoms with E-state index >= 15 is 0 Å². The van der Waals surface area contributed by atoms with E-state index in [2.05, 4.69) is 83.1 Å². The van der Waals surface area contributed by atoms with Gasteiger partial charge in [-0.2, -0.15) is 0 Å². The van der Waals surface area contributed by atoms with Gasteiger partial charge in [-0.3, -0.25) is 14.5 Å². The Bertz CT molecular complexity index is 605. The van der Waals surface area contributed by atoms with Crippen molar-refractivity contribution in [1.29, 1.82) is 0 Å². The molecule has 0 aromatic carbocycles. The van der Waals surface area contributed by atoms with Crippen LogP contribution in [0.4, 0.5) is 0 Å². The van der Waals surface area contributed by atoms with Gasteiger partial charge in [0.1, 0.15) is 0 Å². The number of carbonyl (C=O) groups is 2. The molecule has 160 valence electrons. The fraction of sp³-hybridized carbons (Fsp3) is 0.840. The third kappa shape index (κ3) is 3.96. The van der Waals surface area contributed by atoms with Crippen molar-refractivity contribution in [3.05, 3.63) is 12.2 Å². The zero-order valence-electron chi connectivity index (χ0n) is 20.3. The highest BCUT2D eigenvalue weighted by molar-refractivity contribution is 6.13. The van der Waals surface area contributed by atoms with Gasteiger partial charge in [0.2, 0.25) is 0 Å². The minimum atomic E-state index is -0.138. The van der Waals surface area contributed by atoms with E-state index in [0.717, 1.165) is 0 Å². The number of rotatable bonds is 1. The second-order valence-corrected chi connectivity index (χ2v) is 13.4. The zero-order chi connectivity index (χ0) is 22.0. The molecule has 1 aliphatic heterocycles. The third-order valence-corrected chi connectivity index (χ3v) is 7.04. The van der Waals surface area contributed by atoms with Crippen LogP contribution >= 0.6 is 0 Å². The van der Waals surface area contributed by atoms with Crippen molar-refractivity contribution in [2.75, 3.05) is 0 Å². The van der Waals surface area contributed by atoms with Gasteiger partial charge in [-0.15, -0.1) is 0 Å². The Morgan fingerprint density at radius 1 is 0.536 bits per heavy atom. The lowest BCUT2D eigenvalue weighted by atomic mass is 9.57. The highest BCUT2D eigenvalue weighted by Crippen LogP contribution is 2.65. The van der Waals surface area contributed by atoms with E-state index in [4.69, 9.17) is 0 Å². The van der Waals surface area contributed by atoms with Gasteiger partial charge in [-0.25, -0.2) is 0 Å². The smallest absolute Gasteiger partial charge is 0.253 e. The molecule has 0 N–H and O–H groups in total. The minimum Gasteiger partial charge on any atom is -0.272 e. The molecule has 0 aromatic heterocycles. The summed E-state index contributed by atoms with van der Waals surface area (Å²) in [6.45, 7) is 27.7. The molecule has 28 heavy (non-hydrogen) atoms. The fourth-order valence-corrected chi connectivity index (χ4v) is 6.38. The predicted octanol–water partition coefficient (Wildman–Crippen LogP) is 5.94. The molecule has 0 spiro atoms. The molecule has 0 bridgehead atoms. The highest BCUT2D eigenvalue weighted by Gasteiger charge is 2.64. The van der Waals surface area contributed by atoms with Gasteiger partial charge in [-0.1, -0.05) is 83.1 Å². The summed E-state index contributed by atoms with van der Waals surface area (Å²) in [6.07, 6.45) is 2.91. The standard InChI is InChI=1S/C25H43NO2/c1-22(2,3)17-18(23(4,5)6)20(25(10,11)12)21(19(17)24(7,8)9)26-15(27)13-14-16(26)28/h13-14,17-21H,1-12H3. The average Bonchev–Trinajstić information content (AvgIpc) is 2.94. The average molecular weight is 390 g/mol. The lowest BCUT2D eigenvalue weighted by molar-refractivity contribution is -0.144. The number of carbonyl (C=O) groups excluding carboxylic acids is 2. The Morgan fingerprint density at radius 3 is 1.00 bits per heavy atom. The van der Waals surface area contributed by atoms with Crippen molar-refractivity contribution in [3.63, 3.8) is 0 Å². The molecule has 0 saturated heterocycles. The molecule has 1 aliphatic carbocycles. The number of hydrogen-bond acceptors (Lipinski definition) is 2. The predicted molar refractivity (Wildman–Crippen MR) is 117 cm³/mol. The summed E-state index contributed by atoms with van der Waals surface area (Å²) in [5.41, 5.74) is 0.116. The number of amides is 2. The second kappa shape index (κ2) is 6.71. The molecule has 0 aromatic rings. The quantitative estimate of drug-likeness (QED) is 0.520. The van der Waals surface area contributed by atoms with E-state index in [9.17, 15) is 9.59 Å². The molecular weight excluding hydrogens is 346 g/mol. The summed E-state index contributed by atoms with van der Waals surface area (Å²) < 4.78 is 0. The highest BCUT2D eigenvalue weighted by atomic mass is 16.2. The summed E-state index contributed by atoms with van der Waals surface area (Å²) >= 11 is 0. The lowest BCUT2D eigenvalue weighted by Crippen LogP contribution is -2.52. The van der Waals surface area contributed by atoms with Gasteiger partial charge in [0, 0.05) is 18.2 Å². The maximum absolute atomic E-state index is 12.8. The van der Waals surface area contributed by atoms with Gasteiger partial charge in [0.15, 0.2) is 0 Å². The van der Waals surface area contributed by atoms with Crippen molar-refractivity contribution in [1.82, 2.24) is 4.90 Å². The van der Waals surface area contributed by atoms with Gasteiger partial charge in [-0.05, 0) is 45.3 Å². The van der Waals surface area contributed by atoms with Crippen LogP contribution in [0.25, 0.3) is 0 Å². The maximum Gasteiger partial charge on any atom is 0.253 e. The summed E-state index contributed by atoms with van der Waals surface area (Å²) in [4.78, 5) is 27.3. The molecule has 1 saturated carbocycles. The van der Waals surface area contributed by atoms with E-state index in [0.29, 0.717) is 11.8 Å². The van der Waals surface area contributed by atoms with Gasteiger partial charge < -0.3 is 0 Å². The second-order valence-electron chi connectivity index (χ2n) is 13.4. The van der Waals surface area contributed by atoms with Crippen LogP contribution in [0.2, 0.25) is 0 Å². The Balaban J connectivity index is 2.83. The van der Waals surface area contributed by atoms with Crippen LogP contribution < -0.4 is 0 Å². The molecule has 4 atom stereocenters. The van der Waals surface area contributed by atoms with Crippen LogP contribution in [0, 0.1) is 45.3 Å². The molecule has 1 fully saturated rings. The molecule has 3 nitrogen and oxygen atoms in total. The van der Waals surface area contributed by atoms with Crippen molar-refractivity contribution in [2.45, 2.75) is 89.1 Å². The normalized spacial score (nSPS) is 32.6. The Kier molecular flexibility index (Phi) is 5.55. The molecule has 2 rings (SSSR count). The van der Waals surface area contributed by atoms with Crippen LogP contribution in [-0.2, 0) is 9.59 Å². The lowest BCUT2D eigenvalue weighted by Gasteiger charge is -2.47. The van der Waals surface area contributed by atoms with E-state index in [-0.39, 0.29) is 51.4 Å². The number of nitrogens with zero attached hydrogens (tertiary/aromatic N) is 1. The summed E-state index contributed by atoms with van der Waals surface area (Å²) in [5.74, 6) is 1.02. The first-order valence-corrected chi connectivity index (χ1v) is 10.8. The largest absolute Gasteiger partial charge is 0.272 e. The van der Waals surface area contributed by atoms with Crippen molar-refractivity contribution < 1.29 is 9.59 Å².